The van der Waals surface area contributed by atoms with Crippen LogP contribution in [0.15, 0.2) is 29.3 Å². The average molecular weight is 246 g/mol. The second-order valence-corrected chi connectivity index (χ2v) is 6.01. The quantitative estimate of drug-likeness (QED) is 0.817. The largest absolute Gasteiger partial charge is 0.335 e. The van der Waals surface area contributed by atoms with Gasteiger partial charge in [0.2, 0.25) is 0 Å². The second kappa shape index (κ2) is 4.73. The molecule has 2 aliphatic rings. The highest BCUT2D eigenvalue weighted by Crippen LogP contribution is 2.35. The van der Waals surface area contributed by atoms with E-state index in [0.29, 0.717) is 6.04 Å². The number of aryl methyl sites for hydroxylation is 1. The van der Waals surface area contributed by atoms with E-state index in [1.165, 1.54) is 30.6 Å². The number of nitrogens with zero attached hydrogens (tertiary/aromatic N) is 1. The lowest BCUT2D eigenvalue weighted by molar-refractivity contribution is 0.535. The fraction of sp³-hybridized carbons (Fsp3) is 0.500. The molecule has 2 unspecified atom stereocenters. The van der Waals surface area contributed by atoms with Crippen LogP contribution in [0, 0.1) is 12.8 Å². The molecule has 0 amide bonds. The van der Waals surface area contributed by atoms with Crippen LogP contribution in [-0.2, 0) is 0 Å². The van der Waals surface area contributed by atoms with E-state index in [0.717, 1.165) is 16.8 Å². The zero-order valence-corrected chi connectivity index (χ0v) is 11.0. The molecule has 90 valence electrons. The average Bonchev–Trinajstić information content (AvgIpc) is 2.76. The molecule has 1 aromatic rings. The Morgan fingerprint density at radius 2 is 2.29 bits per heavy atom. The Morgan fingerprint density at radius 3 is 3.18 bits per heavy atom. The van der Waals surface area contributed by atoms with Crippen molar-refractivity contribution >= 4 is 22.6 Å². The van der Waals surface area contributed by atoms with E-state index < -0.39 is 0 Å². The van der Waals surface area contributed by atoms with Crippen molar-refractivity contribution in [2.24, 2.45) is 10.9 Å². The van der Waals surface area contributed by atoms with Gasteiger partial charge in [0.05, 0.1) is 6.04 Å². The van der Waals surface area contributed by atoms with E-state index >= 15 is 0 Å². The fourth-order valence-electron chi connectivity index (χ4n) is 2.67. The molecule has 17 heavy (non-hydrogen) atoms. The molecule has 1 aliphatic heterocycles. The van der Waals surface area contributed by atoms with Crippen LogP contribution in [-0.4, -0.2) is 17.0 Å². The van der Waals surface area contributed by atoms with Gasteiger partial charge in [-0.3, -0.25) is 4.99 Å². The summed E-state index contributed by atoms with van der Waals surface area (Å²) < 4.78 is 0. The summed E-state index contributed by atoms with van der Waals surface area (Å²) >= 11 is 1.88. The Labute approximate surface area is 107 Å². The fourth-order valence-corrected chi connectivity index (χ4v) is 3.83. The maximum absolute atomic E-state index is 4.84. The van der Waals surface area contributed by atoms with Crippen LogP contribution in [0.4, 0.5) is 5.69 Å². The van der Waals surface area contributed by atoms with Crippen LogP contribution < -0.4 is 5.32 Å². The molecule has 0 bridgehead atoms. The zero-order chi connectivity index (χ0) is 11.7. The van der Waals surface area contributed by atoms with Crippen LogP contribution in [0.5, 0.6) is 0 Å². The predicted molar refractivity (Wildman–Crippen MR) is 75.8 cm³/mol. The van der Waals surface area contributed by atoms with Gasteiger partial charge < -0.3 is 5.32 Å². The Hall–Kier alpha value is -0.960. The van der Waals surface area contributed by atoms with Gasteiger partial charge in [-0.1, -0.05) is 30.3 Å². The topological polar surface area (TPSA) is 24.4 Å². The monoisotopic (exact) mass is 246 g/mol. The summed E-state index contributed by atoms with van der Waals surface area (Å²) in [5, 5.41) is 4.56. The molecule has 0 spiro atoms. The number of anilines is 1. The maximum atomic E-state index is 4.84. The normalized spacial score (nSPS) is 27.5. The third-order valence-corrected chi connectivity index (χ3v) is 4.68. The van der Waals surface area contributed by atoms with E-state index in [1.54, 1.807) is 0 Å². The SMILES string of the molecule is Cc1cccc(NC2=NC3CCCC3CS2)c1. The van der Waals surface area contributed by atoms with Crippen LogP contribution >= 0.6 is 11.8 Å². The van der Waals surface area contributed by atoms with Gasteiger partial charge in [-0.2, -0.15) is 0 Å². The van der Waals surface area contributed by atoms with Crippen LogP contribution in [0.1, 0.15) is 24.8 Å². The Bertz CT molecular complexity index is 442. The molecule has 3 rings (SSSR count). The molecule has 0 saturated heterocycles. The van der Waals surface area contributed by atoms with Crippen LogP contribution in [0.2, 0.25) is 0 Å². The third kappa shape index (κ3) is 2.49. The molecule has 1 heterocycles. The number of fused-ring (bicyclic) bond motifs is 1. The van der Waals surface area contributed by atoms with Gasteiger partial charge in [0.1, 0.15) is 0 Å². The molecule has 3 heteroatoms. The zero-order valence-electron chi connectivity index (χ0n) is 10.1. The van der Waals surface area contributed by atoms with E-state index in [-0.39, 0.29) is 0 Å². The summed E-state index contributed by atoms with van der Waals surface area (Å²) in [6.45, 7) is 2.12. The highest BCUT2D eigenvalue weighted by atomic mass is 32.2. The second-order valence-electron chi connectivity index (χ2n) is 5.00. The first-order valence-electron chi connectivity index (χ1n) is 6.35. The molecule has 0 aromatic heterocycles. The maximum Gasteiger partial charge on any atom is 0.161 e. The minimum absolute atomic E-state index is 0.587. The van der Waals surface area contributed by atoms with E-state index in [4.69, 9.17) is 4.99 Å². The first-order chi connectivity index (χ1) is 8.31. The van der Waals surface area contributed by atoms with Gasteiger partial charge in [0, 0.05) is 11.4 Å². The number of hydrogen-bond acceptors (Lipinski definition) is 3. The van der Waals surface area contributed by atoms with Crippen LogP contribution in [0.25, 0.3) is 0 Å². The molecule has 0 radical (unpaired) electrons. The van der Waals surface area contributed by atoms with Gasteiger partial charge in [0.25, 0.3) is 0 Å². The minimum Gasteiger partial charge on any atom is -0.335 e. The number of benzene rings is 1. The molecule has 1 aliphatic carbocycles. The van der Waals surface area contributed by atoms with E-state index in [9.17, 15) is 0 Å². The van der Waals surface area contributed by atoms with Gasteiger partial charge in [-0.05, 0) is 43.4 Å². The van der Waals surface area contributed by atoms with Gasteiger partial charge >= 0.3 is 0 Å². The number of rotatable bonds is 1. The summed E-state index contributed by atoms with van der Waals surface area (Å²) in [5.74, 6) is 2.07. The van der Waals surface area contributed by atoms with Gasteiger partial charge in [-0.25, -0.2) is 0 Å². The van der Waals surface area contributed by atoms with Crippen molar-refractivity contribution in [1.82, 2.24) is 0 Å². The lowest BCUT2D eigenvalue weighted by Gasteiger charge is -2.23. The summed E-state index contributed by atoms with van der Waals surface area (Å²) in [7, 11) is 0. The summed E-state index contributed by atoms with van der Waals surface area (Å²) in [6, 6.07) is 9.07. The molecular formula is C14H18N2S. The Morgan fingerprint density at radius 1 is 1.35 bits per heavy atom. The summed E-state index contributed by atoms with van der Waals surface area (Å²) in [5.41, 5.74) is 2.45. The highest BCUT2D eigenvalue weighted by Gasteiger charge is 2.30. The standard InChI is InChI=1S/C14H18N2S/c1-10-4-2-6-12(8-10)15-14-16-13-7-3-5-11(13)9-17-14/h2,4,6,8,11,13H,3,5,7,9H2,1H3,(H,15,16). The van der Waals surface area contributed by atoms with Crippen molar-refractivity contribution in [2.45, 2.75) is 32.2 Å². The lowest BCUT2D eigenvalue weighted by Crippen LogP contribution is -2.25. The molecule has 1 fully saturated rings. The first-order valence-corrected chi connectivity index (χ1v) is 7.34. The Kier molecular flexibility index (Phi) is 3.10. The third-order valence-electron chi connectivity index (χ3n) is 3.61. The first kappa shape index (κ1) is 11.1. The van der Waals surface area contributed by atoms with Crippen LogP contribution in [0.3, 0.4) is 0 Å². The Balaban J connectivity index is 1.73. The number of hydrogen-bond donors (Lipinski definition) is 1. The lowest BCUT2D eigenvalue weighted by atomic mass is 10.1. The highest BCUT2D eigenvalue weighted by molar-refractivity contribution is 8.14. The number of thioether (sulfide) groups is 1. The van der Waals surface area contributed by atoms with E-state index in [1.807, 2.05) is 11.8 Å². The van der Waals surface area contributed by atoms with Crippen molar-refractivity contribution in [1.29, 1.82) is 0 Å². The summed E-state index contributed by atoms with van der Waals surface area (Å²) in [4.78, 5) is 4.84. The molecule has 1 aromatic carbocycles. The van der Waals surface area contributed by atoms with Crippen molar-refractivity contribution < 1.29 is 0 Å². The molecule has 1 N–H and O–H groups in total. The van der Waals surface area contributed by atoms with Crippen molar-refractivity contribution in [3.63, 3.8) is 0 Å². The number of amidine groups is 1. The number of aliphatic imine (C=N–C) groups is 1. The van der Waals surface area contributed by atoms with Crippen molar-refractivity contribution in [2.75, 3.05) is 11.1 Å². The molecule has 2 nitrogen and oxygen atoms in total. The predicted octanol–water partition coefficient (Wildman–Crippen LogP) is 3.68. The van der Waals surface area contributed by atoms with E-state index in [2.05, 4.69) is 36.5 Å². The van der Waals surface area contributed by atoms with Crippen molar-refractivity contribution in [3.8, 4) is 0 Å². The molecule has 2 atom stereocenters. The summed E-state index contributed by atoms with van der Waals surface area (Å²) in [6.07, 6.45) is 4.01. The minimum atomic E-state index is 0.587. The number of nitrogens with one attached hydrogen (secondary N) is 1. The van der Waals surface area contributed by atoms with Gasteiger partial charge in [-0.15, -0.1) is 0 Å². The van der Waals surface area contributed by atoms with Crippen molar-refractivity contribution in [3.05, 3.63) is 29.8 Å². The smallest absolute Gasteiger partial charge is 0.161 e. The molecular weight excluding hydrogens is 228 g/mol. The molecule has 1 saturated carbocycles. The van der Waals surface area contributed by atoms with Gasteiger partial charge in [0.15, 0.2) is 5.17 Å².